The Kier molecular flexibility index (Phi) is 5.63. The average Bonchev–Trinajstić information content (AvgIpc) is 3.25. The van der Waals surface area contributed by atoms with Crippen LogP contribution >= 0.6 is 11.3 Å². The van der Waals surface area contributed by atoms with Crippen LogP contribution in [0.2, 0.25) is 0 Å². The van der Waals surface area contributed by atoms with E-state index < -0.39 is 0 Å². The van der Waals surface area contributed by atoms with Crippen LogP contribution < -0.4 is 5.32 Å². The molecular weight excluding hydrogens is 312 g/mol. The monoisotopic (exact) mass is 338 g/mol. The largest absolute Gasteiger partial charge is 0.372 e. The van der Waals surface area contributed by atoms with E-state index in [1.807, 2.05) is 18.7 Å². The van der Waals surface area contributed by atoms with Crippen LogP contribution in [0.15, 0.2) is 6.20 Å². The molecule has 1 aromatic rings. The van der Waals surface area contributed by atoms with E-state index in [2.05, 4.69) is 15.2 Å². The van der Waals surface area contributed by atoms with E-state index in [-0.39, 0.29) is 12.0 Å². The maximum Gasteiger partial charge on any atom is 0.265 e. The molecule has 3 heterocycles. The van der Waals surface area contributed by atoms with Gasteiger partial charge in [-0.1, -0.05) is 0 Å². The Balaban J connectivity index is 1.58. The van der Waals surface area contributed by atoms with E-state index in [0.717, 1.165) is 55.6 Å². The number of nitrogens with one attached hydrogen (secondary N) is 1. The summed E-state index contributed by atoms with van der Waals surface area (Å²) < 4.78 is 5.55. The first-order valence-electron chi connectivity index (χ1n) is 8.50. The van der Waals surface area contributed by atoms with E-state index >= 15 is 0 Å². The number of thiazole rings is 1. The van der Waals surface area contributed by atoms with Gasteiger partial charge in [-0.2, -0.15) is 0 Å². The lowest BCUT2D eigenvalue weighted by Crippen LogP contribution is -2.49. The highest BCUT2D eigenvalue weighted by Crippen LogP contribution is 2.25. The van der Waals surface area contributed by atoms with Crippen LogP contribution in [-0.2, 0) is 4.74 Å². The fraction of sp³-hybridized carbons (Fsp3) is 0.750. The summed E-state index contributed by atoms with van der Waals surface area (Å²) in [5.41, 5.74) is 0. The first kappa shape index (κ1) is 16.8. The molecule has 2 atom stereocenters. The molecule has 2 fully saturated rings. The topological polar surface area (TPSA) is 57.7 Å². The van der Waals surface area contributed by atoms with Gasteiger partial charge in [0.15, 0.2) is 0 Å². The number of hydrogen-bond acceptors (Lipinski definition) is 6. The third-order valence-corrected chi connectivity index (χ3v) is 5.76. The molecule has 0 aromatic carbocycles. The Morgan fingerprint density at radius 3 is 3.00 bits per heavy atom. The number of likely N-dealkylation sites (tertiary alicyclic amines) is 1. The zero-order valence-corrected chi connectivity index (χ0v) is 14.8. The number of nitrogens with zero attached hydrogens (tertiary/aromatic N) is 3. The highest BCUT2D eigenvalue weighted by Gasteiger charge is 2.32. The highest BCUT2D eigenvalue weighted by atomic mass is 32.1. The number of piperazine rings is 1. The van der Waals surface area contributed by atoms with Crippen molar-refractivity contribution in [2.45, 2.75) is 32.4 Å². The zero-order chi connectivity index (χ0) is 16.2. The lowest BCUT2D eigenvalue weighted by molar-refractivity contribution is 0.0762. The second-order valence-electron chi connectivity index (χ2n) is 6.14. The van der Waals surface area contributed by atoms with Crippen molar-refractivity contribution in [1.29, 1.82) is 0 Å². The molecular formula is C16H26N4O2S. The van der Waals surface area contributed by atoms with Gasteiger partial charge < -0.3 is 15.0 Å². The van der Waals surface area contributed by atoms with Gasteiger partial charge in [0, 0.05) is 51.9 Å². The second-order valence-corrected chi connectivity index (χ2v) is 7.20. The lowest BCUT2D eigenvalue weighted by Gasteiger charge is -2.32. The van der Waals surface area contributed by atoms with Gasteiger partial charge in [-0.25, -0.2) is 4.98 Å². The van der Waals surface area contributed by atoms with Crippen molar-refractivity contribution in [2.24, 2.45) is 0 Å². The maximum absolute atomic E-state index is 12.7. The van der Waals surface area contributed by atoms with Gasteiger partial charge in [0.2, 0.25) is 0 Å². The number of aromatic nitrogens is 1. The van der Waals surface area contributed by atoms with Crippen molar-refractivity contribution in [3.8, 4) is 0 Å². The molecule has 0 spiro atoms. The number of rotatable bonds is 5. The summed E-state index contributed by atoms with van der Waals surface area (Å²) in [6, 6.07) is 0.510. The van der Waals surface area contributed by atoms with Crippen LogP contribution in [0, 0.1) is 0 Å². The molecule has 2 unspecified atom stereocenters. The molecule has 1 aromatic heterocycles. The van der Waals surface area contributed by atoms with Gasteiger partial charge >= 0.3 is 0 Å². The fourth-order valence-corrected chi connectivity index (χ4v) is 4.21. The summed E-state index contributed by atoms with van der Waals surface area (Å²) in [6.45, 7) is 10.6. The van der Waals surface area contributed by atoms with E-state index in [1.54, 1.807) is 6.20 Å². The van der Waals surface area contributed by atoms with Crippen LogP contribution in [0.1, 0.15) is 41.1 Å². The quantitative estimate of drug-likeness (QED) is 0.878. The Labute approximate surface area is 141 Å². The summed E-state index contributed by atoms with van der Waals surface area (Å²) in [5.74, 6) is 0.120. The molecule has 128 valence electrons. The van der Waals surface area contributed by atoms with Crippen molar-refractivity contribution < 1.29 is 9.53 Å². The Morgan fingerprint density at radius 2 is 2.26 bits per heavy atom. The predicted molar refractivity (Wildman–Crippen MR) is 90.9 cm³/mol. The molecule has 1 amide bonds. The van der Waals surface area contributed by atoms with Crippen molar-refractivity contribution in [2.75, 3.05) is 45.9 Å². The van der Waals surface area contributed by atoms with Crippen LogP contribution in [0.5, 0.6) is 0 Å². The molecule has 6 nitrogen and oxygen atoms in total. The minimum absolute atomic E-state index is 0.0428. The minimum Gasteiger partial charge on any atom is -0.372 e. The maximum atomic E-state index is 12.7. The molecule has 0 aliphatic carbocycles. The van der Waals surface area contributed by atoms with Crippen molar-refractivity contribution in [3.05, 3.63) is 16.1 Å². The lowest BCUT2D eigenvalue weighted by atomic mass is 10.2. The molecule has 2 aliphatic heterocycles. The summed E-state index contributed by atoms with van der Waals surface area (Å²) in [6.07, 6.45) is 2.74. The van der Waals surface area contributed by atoms with Crippen LogP contribution in [0.25, 0.3) is 0 Å². The summed E-state index contributed by atoms with van der Waals surface area (Å²) in [4.78, 5) is 22.3. The Morgan fingerprint density at radius 1 is 1.48 bits per heavy atom. The van der Waals surface area contributed by atoms with Gasteiger partial charge in [-0.15, -0.1) is 11.3 Å². The molecule has 1 N–H and O–H groups in total. The molecule has 2 aliphatic rings. The zero-order valence-electron chi connectivity index (χ0n) is 14.0. The van der Waals surface area contributed by atoms with Gasteiger partial charge in [0.1, 0.15) is 16.0 Å². The van der Waals surface area contributed by atoms with E-state index in [1.165, 1.54) is 11.3 Å². The summed E-state index contributed by atoms with van der Waals surface area (Å²) in [7, 11) is 0. The van der Waals surface area contributed by atoms with Gasteiger partial charge in [-0.05, 0) is 20.3 Å². The van der Waals surface area contributed by atoms with Gasteiger partial charge in [0.25, 0.3) is 5.91 Å². The summed E-state index contributed by atoms with van der Waals surface area (Å²) in [5, 5.41) is 4.26. The van der Waals surface area contributed by atoms with Crippen LogP contribution in [0.4, 0.5) is 0 Å². The minimum atomic E-state index is -0.0428. The number of ether oxygens (including phenoxy) is 1. The normalized spacial score (nSPS) is 24.1. The van der Waals surface area contributed by atoms with E-state index in [0.29, 0.717) is 12.6 Å². The van der Waals surface area contributed by atoms with Crippen molar-refractivity contribution in [3.63, 3.8) is 0 Å². The molecule has 0 bridgehead atoms. The Hall–Kier alpha value is -1.02. The highest BCUT2D eigenvalue weighted by molar-refractivity contribution is 7.13. The summed E-state index contributed by atoms with van der Waals surface area (Å²) >= 11 is 1.46. The predicted octanol–water partition coefficient (Wildman–Crippen LogP) is 1.36. The molecule has 0 radical (unpaired) electrons. The number of hydrogen-bond donors (Lipinski definition) is 1. The molecule has 2 saturated heterocycles. The van der Waals surface area contributed by atoms with E-state index in [4.69, 9.17) is 4.74 Å². The second kappa shape index (κ2) is 7.70. The third kappa shape index (κ3) is 3.91. The first-order valence-corrected chi connectivity index (χ1v) is 9.32. The van der Waals surface area contributed by atoms with E-state index in [9.17, 15) is 4.79 Å². The Bertz CT molecular complexity index is 530. The average molecular weight is 338 g/mol. The molecule has 7 heteroatoms. The number of carbonyl (C=O) groups excluding carboxylic acids is 1. The van der Waals surface area contributed by atoms with Crippen molar-refractivity contribution >= 4 is 17.2 Å². The van der Waals surface area contributed by atoms with Gasteiger partial charge in [-0.3, -0.25) is 9.69 Å². The molecule has 23 heavy (non-hydrogen) atoms. The van der Waals surface area contributed by atoms with Crippen LogP contribution in [-0.4, -0.2) is 72.6 Å². The molecule has 3 rings (SSSR count). The SMILES string of the molecule is CCOC(C)c1ncc(C(=O)N2CCC(N3CCNCC3)C2)s1. The van der Waals surface area contributed by atoms with Crippen molar-refractivity contribution in [1.82, 2.24) is 20.1 Å². The standard InChI is InChI=1S/C16H26N4O2S/c1-3-22-12(2)15-18-10-14(23-15)16(21)20-7-4-13(11-20)19-8-5-17-6-9-19/h10,12-13,17H,3-9,11H2,1-2H3. The fourth-order valence-electron chi connectivity index (χ4n) is 3.32. The first-order chi connectivity index (χ1) is 11.2. The molecule has 0 saturated carbocycles. The number of amides is 1. The van der Waals surface area contributed by atoms with Crippen LogP contribution in [0.3, 0.4) is 0 Å². The third-order valence-electron chi connectivity index (χ3n) is 4.62. The number of carbonyl (C=O) groups is 1. The van der Waals surface area contributed by atoms with Gasteiger partial charge in [0.05, 0.1) is 6.20 Å². The smallest absolute Gasteiger partial charge is 0.265 e.